The molecule has 7 heteroatoms. The Morgan fingerprint density at radius 3 is 2.42 bits per heavy atom. The van der Waals surface area contributed by atoms with Gasteiger partial charge in [0.15, 0.2) is 0 Å². The van der Waals surface area contributed by atoms with Crippen LogP contribution in [0.3, 0.4) is 0 Å². The summed E-state index contributed by atoms with van der Waals surface area (Å²) in [7, 11) is 0. The zero-order valence-electron chi connectivity index (χ0n) is 9.94. The number of alkyl halides is 3. The highest BCUT2D eigenvalue weighted by Gasteiger charge is 2.39. The molecule has 2 N–H and O–H groups in total. The lowest BCUT2D eigenvalue weighted by Gasteiger charge is -2.14. The SMILES string of the molecule is CC(=O)n1cc([C@@H](N)C(F)(F)F)c2ccccc21.Cl. The van der Waals surface area contributed by atoms with Crippen LogP contribution in [0.15, 0.2) is 30.5 Å². The van der Waals surface area contributed by atoms with Crippen LogP contribution in [0.1, 0.15) is 23.3 Å². The van der Waals surface area contributed by atoms with Crippen molar-refractivity contribution in [2.24, 2.45) is 5.73 Å². The fourth-order valence-electron chi connectivity index (χ4n) is 1.89. The van der Waals surface area contributed by atoms with Gasteiger partial charge < -0.3 is 5.73 Å². The monoisotopic (exact) mass is 292 g/mol. The molecular formula is C12H12ClF3N2O. The van der Waals surface area contributed by atoms with Gasteiger partial charge >= 0.3 is 6.18 Å². The summed E-state index contributed by atoms with van der Waals surface area (Å²) < 4.78 is 39.1. The fraction of sp³-hybridized carbons (Fsp3) is 0.250. The standard InChI is InChI=1S/C12H11F3N2O.ClH/c1-7(18)17-6-9(11(16)12(13,14)15)8-4-2-3-5-10(8)17;/h2-6,11H,16H2,1H3;1H/t11-;/m1./s1. The van der Waals surface area contributed by atoms with Crippen molar-refractivity contribution < 1.29 is 18.0 Å². The lowest BCUT2D eigenvalue weighted by Crippen LogP contribution is -2.28. The van der Waals surface area contributed by atoms with E-state index in [0.717, 1.165) is 6.20 Å². The third-order valence-corrected chi connectivity index (χ3v) is 2.77. The van der Waals surface area contributed by atoms with E-state index < -0.39 is 12.2 Å². The first-order chi connectivity index (χ1) is 8.32. The molecule has 0 aliphatic heterocycles. The minimum Gasteiger partial charge on any atom is -0.316 e. The van der Waals surface area contributed by atoms with E-state index in [4.69, 9.17) is 5.73 Å². The lowest BCUT2D eigenvalue weighted by molar-refractivity contribution is -0.148. The van der Waals surface area contributed by atoms with E-state index in [2.05, 4.69) is 0 Å². The third kappa shape index (κ3) is 2.74. The highest BCUT2D eigenvalue weighted by atomic mass is 35.5. The minimum absolute atomic E-state index is 0. The average molecular weight is 293 g/mol. The van der Waals surface area contributed by atoms with E-state index in [0.29, 0.717) is 10.9 Å². The largest absolute Gasteiger partial charge is 0.407 e. The molecule has 0 fully saturated rings. The summed E-state index contributed by atoms with van der Waals surface area (Å²) >= 11 is 0. The minimum atomic E-state index is -4.54. The molecule has 0 spiro atoms. The number of nitrogens with two attached hydrogens (primary N) is 1. The molecular weight excluding hydrogens is 281 g/mol. The number of nitrogens with zero attached hydrogens (tertiary/aromatic N) is 1. The van der Waals surface area contributed by atoms with Crippen molar-refractivity contribution in [3.8, 4) is 0 Å². The van der Waals surface area contributed by atoms with Crippen molar-refractivity contribution in [3.05, 3.63) is 36.0 Å². The maximum absolute atomic E-state index is 12.7. The topological polar surface area (TPSA) is 48.0 Å². The number of fused-ring (bicyclic) bond motifs is 1. The first-order valence-electron chi connectivity index (χ1n) is 5.25. The molecule has 3 nitrogen and oxygen atoms in total. The molecule has 2 rings (SSSR count). The van der Waals surface area contributed by atoms with Crippen LogP contribution in [0.5, 0.6) is 0 Å². The zero-order chi connectivity index (χ0) is 13.5. The summed E-state index contributed by atoms with van der Waals surface area (Å²) in [6.07, 6.45) is -3.38. The molecule has 0 saturated carbocycles. The van der Waals surface area contributed by atoms with Gasteiger partial charge in [-0.1, -0.05) is 18.2 Å². The van der Waals surface area contributed by atoms with Crippen LogP contribution in [-0.4, -0.2) is 16.7 Å². The third-order valence-electron chi connectivity index (χ3n) is 2.77. The molecule has 1 aromatic heterocycles. The van der Waals surface area contributed by atoms with Gasteiger partial charge in [0, 0.05) is 24.1 Å². The maximum Gasteiger partial charge on any atom is 0.407 e. The van der Waals surface area contributed by atoms with E-state index in [1.807, 2.05) is 0 Å². The van der Waals surface area contributed by atoms with Gasteiger partial charge in [0.1, 0.15) is 6.04 Å². The number of halogens is 4. The number of hydrogen-bond acceptors (Lipinski definition) is 2. The summed E-state index contributed by atoms with van der Waals surface area (Å²) in [5, 5.41) is 0.345. The second-order valence-corrected chi connectivity index (χ2v) is 4.01. The van der Waals surface area contributed by atoms with Crippen molar-refractivity contribution in [2.75, 3.05) is 0 Å². The molecule has 0 aliphatic carbocycles. The van der Waals surface area contributed by atoms with E-state index in [1.54, 1.807) is 18.2 Å². The number of carbonyl (C=O) groups excluding carboxylic acids is 1. The van der Waals surface area contributed by atoms with Crippen molar-refractivity contribution in [1.29, 1.82) is 0 Å². The molecule has 0 amide bonds. The predicted octanol–water partition coefficient (Wildman–Crippen LogP) is 3.29. The number of benzene rings is 1. The maximum atomic E-state index is 12.7. The molecule has 1 atom stereocenters. The van der Waals surface area contributed by atoms with Crippen LogP contribution in [-0.2, 0) is 0 Å². The van der Waals surface area contributed by atoms with Crippen LogP contribution in [0.2, 0.25) is 0 Å². The molecule has 0 bridgehead atoms. The Morgan fingerprint density at radius 2 is 1.89 bits per heavy atom. The number of rotatable bonds is 1. The molecule has 19 heavy (non-hydrogen) atoms. The number of aromatic nitrogens is 1. The molecule has 0 unspecified atom stereocenters. The van der Waals surface area contributed by atoms with Crippen LogP contribution in [0.25, 0.3) is 10.9 Å². The van der Waals surface area contributed by atoms with E-state index in [9.17, 15) is 18.0 Å². The van der Waals surface area contributed by atoms with E-state index in [1.165, 1.54) is 17.6 Å². The van der Waals surface area contributed by atoms with Gasteiger partial charge in [0.2, 0.25) is 5.91 Å². The summed E-state index contributed by atoms with van der Waals surface area (Å²) in [5.41, 5.74) is 5.54. The molecule has 104 valence electrons. The van der Waals surface area contributed by atoms with Gasteiger partial charge in [-0.05, 0) is 6.07 Å². The van der Waals surface area contributed by atoms with Gasteiger partial charge in [-0.3, -0.25) is 9.36 Å². The Bertz CT molecular complexity index is 607. The number of hydrogen-bond donors (Lipinski definition) is 1. The molecule has 0 saturated heterocycles. The first kappa shape index (κ1) is 15.5. The summed E-state index contributed by atoms with van der Waals surface area (Å²) in [6, 6.07) is 4.28. The summed E-state index contributed by atoms with van der Waals surface area (Å²) in [6.45, 7) is 1.29. The zero-order valence-corrected chi connectivity index (χ0v) is 10.8. The van der Waals surface area contributed by atoms with Crippen molar-refractivity contribution in [2.45, 2.75) is 19.1 Å². The van der Waals surface area contributed by atoms with E-state index >= 15 is 0 Å². The average Bonchev–Trinajstić information content (AvgIpc) is 2.66. The van der Waals surface area contributed by atoms with Crippen LogP contribution >= 0.6 is 12.4 Å². The molecule has 1 heterocycles. The Labute approximate surface area is 113 Å². The van der Waals surface area contributed by atoms with Gasteiger partial charge in [-0.15, -0.1) is 12.4 Å². The number of carbonyl (C=O) groups is 1. The van der Waals surface area contributed by atoms with Gasteiger partial charge in [0.25, 0.3) is 0 Å². The van der Waals surface area contributed by atoms with Crippen LogP contribution < -0.4 is 5.73 Å². The highest BCUT2D eigenvalue weighted by molar-refractivity contribution is 5.93. The van der Waals surface area contributed by atoms with Crippen molar-refractivity contribution >= 4 is 29.2 Å². The Balaban J connectivity index is 0.00000180. The second kappa shape index (κ2) is 5.22. The van der Waals surface area contributed by atoms with Crippen LogP contribution in [0, 0.1) is 0 Å². The van der Waals surface area contributed by atoms with Gasteiger partial charge in [-0.2, -0.15) is 13.2 Å². The molecule has 1 aromatic carbocycles. The van der Waals surface area contributed by atoms with E-state index in [-0.39, 0.29) is 23.9 Å². The summed E-state index contributed by atoms with van der Waals surface area (Å²) in [4.78, 5) is 11.4. The number of para-hydroxylation sites is 1. The fourth-order valence-corrected chi connectivity index (χ4v) is 1.89. The molecule has 2 aromatic rings. The smallest absolute Gasteiger partial charge is 0.316 e. The lowest BCUT2D eigenvalue weighted by atomic mass is 10.1. The normalized spacial score (nSPS) is 13.1. The summed E-state index contributed by atoms with van der Waals surface area (Å²) in [5.74, 6) is -0.355. The first-order valence-corrected chi connectivity index (χ1v) is 5.25. The molecule has 0 radical (unpaired) electrons. The Hall–Kier alpha value is -1.53. The molecule has 0 aliphatic rings. The van der Waals surface area contributed by atoms with Crippen molar-refractivity contribution in [1.82, 2.24) is 4.57 Å². The Kier molecular flexibility index (Phi) is 4.27. The van der Waals surface area contributed by atoms with Crippen LogP contribution in [0.4, 0.5) is 13.2 Å². The Morgan fingerprint density at radius 1 is 1.32 bits per heavy atom. The highest BCUT2D eigenvalue weighted by Crippen LogP contribution is 2.35. The van der Waals surface area contributed by atoms with Crippen molar-refractivity contribution in [3.63, 3.8) is 0 Å². The van der Waals surface area contributed by atoms with Gasteiger partial charge in [0.05, 0.1) is 5.52 Å². The second-order valence-electron chi connectivity index (χ2n) is 4.01. The predicted molar refractivity (Wildman–Crippen MR) is 68.5 cm³/mol. The van der Waals surface area contributed by atoms with Gasteiger partial charge in [-0.25, -0.2) is 0 Å². The quantitative estimate of drug-likeness (QED) is 0.877.